The molecule has 1 aliphatic heterocycles. The van der Waals surface area contributed by atoms with E-state index in [1.54, 1.807) is 12.1 Å². The normalized spacial score (nSPS) is 14.1. The third-order valence-electron chi connectivity index (χ3n) is 4.41. The van der Waals surface area contributed by atoms with Crippen molar-refractivity contribution in [1.29, 1.82) is 0 Å². The fourth-order valence-corrected chi connectivity index (χ4v) is 4.08. The maximum atomic E-state index is 12.4. The lowest BCUT2D eigenvalue weighted by Gasteiger charge is -2.16. The zero-order chi connectivity index (χ0) is 20.9. The van der Waals surface area contributed by atoms with Gasteiger partial charge in [-0.2, -0.15) is 0 Å². The number of aromatic nitrogens is 2. The quantitative estimate of drug-likeness (QED) is 0.598. The molecule has 0 saturated carbocycles. The highest BCUT2D eigenvalue weighted by atomic mass is 35.5. The van der Waals surface area contributed by atoms with Crippen molar-refractivity contribution in [3.8, 4) is 5.75 Å². The number of sulfonamides is 1. The number of carbonyl (C=O) groups excluding carboxylic acids is 1. The number of anilines is 1. The number of ether oxygens (including phenoxy) is 1. The zero-order valence-electron chi connectivity index (χ0n) is 15.9. The maximum absolute atomic E-state index is 12.4. The molecule has 156 valence electrons. The molecule has 29 heavy (non-hydrogen) atoms. The molecule has 1 aromatic carbocycles. The zero-order valence-corrected chi connectivity index (χ0v) is 17.5. The largest absolute Gasteiger partial charge is 0.497 e. The van der Waals surface area contributed by atoms with Gasteiger partial charge >= 0.3 is 0 Å². The summed E-state index contributed by atoms with van der Waals surface area (Å²) in [6.45, 7) is 1.78. The highest BCUT2D eigenvalue weighted by Gasteiger charge is 2.20. The Hall–Kier alpha value is -2.43. The van der Waals surface area contributed by atoms with Crippen LogP contribution in [0.3, 0.4) is 0 Å². The molecule has 3 rings (SSSR count). The standard InChI is InChI=1S/C18H22ClN5O4S/c1-28-13-4-6-14(7-5-13)29(26,27)22-9-8-20-17(25)16-15(19)12-21-18(23-16)24-10-2-3-11-24/h4-7,12,22H,2-3,8-11H2,1H3,(H,20,25). The van der Waals surface area contributed by atoms with Crippen LogP contribution in [0, 0.1) is 0 Å². The number of amides is 1. The van der Waals surface area contributed by atoms with E-state index in [1.165, 1.54) is 25.4 Å². The Labute approximate surface area is 174 Å². The van der Waals surface area contributed by atoms with Gasteiger partial charge in [0.2, 0.25) is 16.0 Å². The molecule has 0 unspecified atom stereocenters. The number of nitrogens with zero attached hydrogens (tertiary/aromatic N) is 3. The van der Waals surface area contributed by atoms with Gasteiger partial charge < -0.3 is 15.0 Å². The first kappa shape index (κ1) is 21.3. The molecule has 1 amide bonds. The minimum Gasteiger partial charge on any atom is -0.497 e. The van der Waals surface area contributed by atoms with Gasteiger partial charge in [0.1, 0.15) is 5.75 Å². The number of benzene rings is 1. The van der Waals surface area contributed by atoms with Gasteiger partial charge in [0, 0.05) is 26.2 Å². The van der Waals surface area contributed by atoms with Crippen molar-refractivity contribution in [3.05, 3.63) is 41.2 Å². The fourth-order valence-electron chi connectivity index (χ4n) is 2.87. The Bertz CT molecular complexity index is 963. The van der Waals surface area contributed by atoms with E-state index >= 15 is 0 Å². The summed E-state index contributed by atoms with van der Waals surface area (Å²) in [4.78, 5) is 23.0. The first-order chi connectivity index (χ1) is 13.9. The summed E-state index contributed by atoms with van der Waals surface area (Å²) < 4.78 is 32.0. The van der Waals surface area contributed by atoms with E-state index < -0.39 is 15.9 Å². The van der Waals surface area contributed by atoms with Gasteiger partial charge in [-0.15, -0.1) is 0 Å². The molecule has 0 aliphatic carbocycles. The van der Waals surface area contributed by atoms with Crippen molar-refractivity contribution in [3.63, 3.8) is 0 Å². The van der Waals surface area contributed by atoms with Crippen molar-refractivity contribution in [2.24, 2.45) is 0 Å². The summed E-state index contributed by atoms with van der Waals surface area (Å²) in [5.41, 5.74) is 0.0709. The van der Waals surface area contributed by atoms with Crippen LogP contribution in [0.2, 0.25) is 5.02 Å². The highest BCUT2D eigenvalue weighted by molar-refractivity contribution is 7.89. The lowest BCUT2D eigenvalue weighted by atomic mass is 10.3. The van der Waals surface area contributed by atoms with Crippen LogP contribution in [-0.2, 0) is 10.0 Å². The summed E-state index contributed by atoms with van der Waals surface area (Å²) in [7, 11) is -2.19. The summed E-state index contributed by atoms with van der Waals surface area (Å²) in [5.74, 6) is 0.546. The monoisotopic (exact) mass is 439 g/mol. The highest BCUT2D eigenvalue weighted by Crippen LogP contribution is 2.20. The minimum atomic E-state index is -3.69. The lowest BCUT2D eigenvalue weighted by Crippen LogP contribution is -2.35. The van der Waals surface area contributed by atoms with Crippen LogP contribution >= 0.6 is 11.6 Å². The molecule has 1 fully saturated rings. The van der Waals surface area contributed by atoms with Crippen LogP contribution in [0.5, 0.6) is 5.75 Å². The van der Waals surface area contributed by atoms with Crippen LogP contribution in [0.25, 0.3) is 0 Å². The smallest absolute Gasteiger partial charge is 0.271 e. The molecule has 1 saturated heterocycles. The van der Waals surface area contributed by atoms with Gasteiger partial charge in [0.25, 0.3) is 5.91 Å². The fraction of sp³-hybridized carbons (Fsp3) is 0.389. The molecule has 0 spiro atoms. The molecular formula is C18H22ClN5O4S. The Kier molecular flexibility index (Phi) is 6.88. The molecule has 2 N–H and O–H groups in total. The lowest BCUT2D eigenvalue weighted by molar-refractivity contribution is 0.0949. The van der Waals surface area contributed by atoms with E-state index in [0.29, 0.717) is 11.7 Å². The first-order valence-electron chi connectivity index (χ1n) is 9.10. The number of hydrogen-bond acceptors (Lipinski definition) is 7. The second kappa shape index (κ2) is 9.38. The third-order valence-corrected chi connectivity index (χ3v) is 6.16. The van der Waals surface area contributed by atoms with E-state index in [4.69, 9.17) is 16.3 Å². The second-order valence-electron chi connectivity index (χ2n) is 6.39. The van der Waals surface area contributed by atoms with Crippen molar-refractivity contribution in [2.75, 3.05) is 38.2 Å². The summed E-state index contributed by atoms with van der Waals surface area (Å²) in [6, 6.07) is 6.01. The number of carbonyl (C=O) groups is 1. The van der Waals surface area contributed by atoms with Gasteiger partial charge in [0.15, 0.2) is 5.69 Å². The summed E-state index contributed by atoms with van der Waals surface area (Å²) in [5, 5.41) is 2.76. The van der Waals surface area contributed by atoms with E-state index in [-0.39, 0.29) is 28.7 Å². The third kappa shape index (κ3) is 5.34. The van der Waals surface area contributed by atoms with Crippen LogP contribution in [-0.4, -0.2) is 57.6 Å². The molecule has 1 aromatic heterocycles. The number of methoxy groups -OCH3 is 1. The van der Waals surface area contributed by atoms with Crippen molar-refractivity contribution in [2.45, 2.75) is 17.7 Å². The summed E-state index contributed by atoms with van der Waals surface area (Å²) >= 11 is 6.06. The topological polar surface area (TPSA) is 114 Å². The average molecular weight is 440 g/mol. The average Bonchev–Trinajstić information content (AvgIpc) is 3.26. The molecule has 2 heterocycles. The molecule has 0 atom stereocenters. The van der Waals surface area contributed by atoms with E-state index in [1.807, 2.05) is 4.90 Å². The molecule has 2 aromatic rings. The Morgan fingerprint density at radius 3 is 2.55 bits per heavy atom. The Morgan fingerprint density at radius 1 is 1.21 bits per heavy atom. The molecule has 11 heteroatoms. The number of halogens is 1. The van der Waals surface area contributed by atoms with Gasteiger partial charge in [-0.05, 0) is 37.1 Å². The minimum absolute atomic E-state index is 0.0157. The predicted molar refractivity (Wildman–Crippen MR) is 109 cm³/mol. The molecule has 0 radical (unpaired) electrons. The summed E-state index contributed by atoms with van der Waals surface area (Å²) in [6.07, 6.45) is 3.52. The first-order valence-corrected chi connectivity index (χ1v) is 11.0. The van der Waals surface area contributed by atoms with Crippen LogP contribution in [0.15, 0.2) is 35.4 Å². The number of hydrogen-bond donors (Lipinski definition) is 2. The van der Waals surface area contributed by atoms with E-state index in [9.17, 15) is 13.2 Å². The number of nitrogens with one attached hydrogen (secondary N) is 2. The van der Waals surface area contributed by atoms with Crippen LogP contribution in [0.4, 0.5) is 5.95 Å². The van der Waals surface area contributed by atoms with Gasteiger partial charge in [-0.3, -0.25) is 4.79 Å². The van der Waals surface area contributed by atoms with Gasteiger partial charge in [-0.25, -0.2) is 23.1 Å². The number of rotatable bonds is 8. The maximum Gasteiger partial charge on any atom is 0.271 e. The second-order valence-corrected chi connectivity index (χ2v) is 8.56. The van der Waals surface area contributed by atoms with Gasteiger partial charge in [0.05, 0.1) is 23.2 Å². The van der Waals surface area contributed by atoms with Crippen molar-refractivity contribution >= 4 is 33.5 Å². The van der Waals surface area contributed by atoms with E-state index in [0.717, 1.165) is 25.9 Å². The van der Waals surface area contributed by atoms with E-state index in [2.05, 4.69) is 20.0 Å². The van der Waals surface area contributed by atoms with Gasteiger partial charge in [-0.1, -0.05) is 11.6 Å². The van der Waals surface area contributed by atoms with Crippen molar-refractivity contribution in [1.82, 2.24) is 20.0 Å². The SMILES string of the molecule is COc1ccc(S(=O)(=O)NCCNC(=O)c2nc(N3CCCC3)ncc2Cl)cc1. The Balaban J connectivity index is 1.54. The van der Waals surface area contributed by atoms with Crippen molar-refractivity contribution < 1.29 is 17.9 Å². The molecule has 9 nitrogen and oxygen atoms in total. The molecule has 0 bridgehead atoms. The molecular weight excluding hydrogens is 418 g/mol. The van der Waals surface area contributed by atoms with Crippen LogP contribution in [0.1, 0.15) is 23.3 Å². The Morgan fingerprint density at radius 2 is 1.90 bits per heavy atom. The molecule has 1 aliphatic rings. The van der Waals surface area contributed by atoms with Crippen LogP contribution < -0.4 is 19.7 Å². The predicted octanol–water partition coefficient (Wildman–Crippen LogP) is 1.45.